The minimum absolute atomic E-state index is 0.00813. The van der Waals surface area contributed by atoms with Crippen molar-refractivity contribution in [1.29, 1.82) is 0 Å². The number of hydrogen-bond donors (Lipinski definition) is 1. The maximum Gasteiger partial charge on any atom is 0.295 e. The summed E-state index contributed by atoms with van der Waals surface area (Å²) in [5.74, 6) is 0.168. The number of ether oxygens (including phenoxy) is 4. The molecule has 0 aromatic heterocycles. The Labute approximate surface area is 224 Å². The van der Waals surface area contributed by atoms with Crippen LogP contribution in [0.3, 0.4) is 0 Å². The number of amides is 1. The summed E-state index contributed by atoms with van der Waals surface area (Å²) >= 11 is 0. The molecule has 1 N–H and O–H groups in total. The molecule has 0 aliphatic carbocycles. The van der Waals surface area contributed by atoms with Crippen LogP contribution in [0.5, 0.6) is 23.0 Å². The van der Waals surface area contributed by atoms with Crippen molar-refractivity contribution >= 4 is 17.4 Å². The van der Waals surface area contributed by atoms with Crippen LogP contribution in [0.1, 0.15) is 43.4 Å². The van der Waals surface area contributed by atoms with E-state index in [0.717, 1.165) is 19.4 Å². The zero-order valence-corrected chi connectivity index (χ0v) is 23.1. The average molecular weight is 527 g/mol. The van der Waals surface area contributed by atoms with Crippen molar-refractivity contribution in [3.63, 3.8) is 0 Å². The molecule has 2 aromatic carbocycles. The first-order valence-corrected chi connectivity index (χ1v) is 12.7. The zero-order chi connectivity index (χ0) is 27.8. The number of carbonyl (C=O) groups excluding carboxylic acids is 2. The summed E-state index contributed by atoms with van der Waals surface area (Å²) in [6.07, 6.45) is 2.60. The molecule has 9 heteroatoms. The van der Waals surface area contributed by atoms with Gasteiger partial charge in [-0.1, -0.05) is 13.3 Å². The van der Waals surface area contributed by atoms with Gasteiger partial charge < -0.3 is 33.9 Å². The van der Waals surface area contributed by atoms with Crippen molar-refractivity contribution in [3.05, 3.63) is 53.1 Å². The fourth-order valence-corrected chi connectivity index (χ4v) is 4.47. The maximum atomic E-state index is 13.4. The molecular weight excluding hydrogens is 488 g/mol. The minimum atomic E-state index is -0.841. The Bertz CT molecular complexity index is 1130. The van der Waals surface area contributed by atoms with Gasteiger partial charge in [0.15, 0.2) is 11.5 Å². The molecule has 0 bridgehead atoms. The van der Waals surface area contributed by atoms with Crippen molar-refractivity contribution in [2.24, 2.45) is 0 Å². The lowest BCUT2D eigenvalue weighted by Gasteiger charge is -2.27. The van der Waals surface area contributed by atoms with Crippen LogP contribution in [0.2, 0.25) is 0 Å². The van der Waals surface area contributed by atoms with Crippen molar-refractivity contribution in [2.45, 2.75) is 32.2 Å². The van der Waals surface area contributed by atoms with Gasteiger partial charge in [-0.25, -0.2) is 0 Å². The number of carbonyl (C=O) groups is 2. The quantitative estimate of drug-likeness (QED) is 0.179. The number of hydrogen-bond acceptors (Lipinski definition) is 8. The van der Waals surface area contributed by atoms with Crippen molar-refractivity contribution in [3.8, 4) is 23.0 Å². The predicted molar refractivity (Wildman–Crippen MR) is 145 cm³/mol. The molecule has 0 spiro atoms. The van der Waals surface area contributed by atoms with E-state index in [9.17, 15) is 14.7 Å². The summed E-state index contributed by atoms with van der Waals surface area (Å²) in [4.78, 5) is 30.1. The molecular formula is C29H38N2O7. The summed E-state index contributed by atoms with van der Waals surface area (Å²) in [5, 5.41) is 11.4. The number of methoxy groups -OCH3 is 3. The third-order valence-corrected chi connectivity index (χ3v) is 6.44. The largest absolute Gasteiger partial charge is 0.507 e. The molecule has 1 aliphatic heterocycles. The fraction of sp³-hybridized carbons (Fsp3) is 0.448. The molecule has 206 valence electrons. The summed E-state index contributed by atoms with van der Waals surface area (Å²) < 4.78 is 22.2. The number of ketones is 1. The van der Waals surface area contributed by atoms with Crippen LogP contribution in [0.25, 0.3) is 5.76 Å². The molecule has 1 fully saturated rings. The highest BCUT2D eigenvalue weighted by atomic mass is 16.5. The second kappa shape index (κ2) is 13.2. The molecule has 38 heavy (non-hydrogen) atoms. The molecule has 1 amide bonds. The van der Waals surface area contributed by atoms with Crippen molar-refractivity contribution in [2.75, 3.05) is 55.1 Å². The molecule has 9 nitrogen and oxygen atoms in total. The Morgan fingerprint density at radius 3 is 2.13 bits per heavy atom. The summed E-state index contributed by atoms with van der Waals surface area (Å²) in [7, 11) is 8.39. The van der Waals surface area contributed by atoms with E-state index in [2.05, 4.69) is 6.92 Å². The van der Waals surface area contributed by atoms with Gasteiger partial charge in [-0.15, -0.1) is 0 Å². The Morgan fingerprint density at radius 1 is 0.974 bits per heavy atom. The minimum Gasteiger partial charge on any atom is -0.507 e. The van der Waals surface area contributed by atoms with Crippen molar-refractivity contribution < 1.29 is 33.6 Å². The van der Waals surface area contributed by atoms with E-state index in [1.54, 1.807) is 36.4 Å². The lowest BCUT2D eigenvalue weighted by molar-refractivity contribution is -0.139. The maximum absolute atomic E-state index is 13.4. The number of aliphatic hydroxyl groups is 1. The van der Waals surface area contributed by atoms with Gasteiger partial charge in [-0.05, 0) is 75.4 Å². The van der Waals surface area contributed by atoms with Crippen LogP contribution >= 0.6 is 0 Å². The highest BCUT2D eigenvalue weighted by molar-refractivity contribution is 6.46. The second-order valence-electron chi connectivity index (χ2n) is 9.33. The molecule has 1 saturated heterocycles. The fourth-order valence-electron chi connectivity index (χ4n) is 4.47. The van der Waals surface area contributed by atoms with E-state index in [1.807, 2.05) is 19.0 Å². The third-order valence-electron chi connectivity index (χ3n) is 6.44. The number of rotatable bonds is 13. The Morgan fingerprint density at radius 2 is 1.61 bits per heavy atom. The summed E-state index contributed by atoms with van der Waals surface area (Å²) in [6.45, 7) is 3.74. The first-order chi connectivity index (χ1) is 18.3. The number of aliphatic hydroxyl groups excluding tert-OH is 1. The predicted octanol–water partition coefficient (Wildman–Crippen LogP) is 4.26. The van der Waals surface area contributed by atoms with Gasteiger partial charge >= 0.3 is 0 Å². The molecule has 1 aliphatic rings. The van der Waals surface area contributed by atoms with Gasteiger partial charge in [0, 0.05) is 12.1 Å². The summed E-state index contributed by atoms with van der Waals surface area (Å²) in [5.41, 5.74) is 0.981. The van der Waals surface area contributed by atoms with Crippen LogP contribution < -0.4 is 18.9 Å². The Hall–Kier alpha value is -3.72. The van der Waals surface area contributed by atoms with Gasteiger partial charge in [0.1, 0.15) is 11.5 Å². The van der Waals surface area contributed by atoms with Gasteiger partial charge in [0.05, 0.1) is 39.6 Å². The lowest BCUT2D eigenvalue weighted by atomic mass is 9.94. The number of likely N-dealkylation sites (tertiary alicyclic amines) is 1. The van der Waals surface area contributed by atoms with E-state index >= 15 is 0 Å². The van der Waals surface area contributed by atoms with E-state index in [1.165, 1.54) is 26.2 Å². The second-order valence-corrected chi connectivity index (χ2v) is 9.33. The zero-order valence-electron chi connectivity index (χ0n) is 23.1. The number of nitrogens with zero attached hydrogens (tertiary/aromatic N) is 2. The first kappa shape index (κ1) is 28.8. The third kappa shape index (κ3) is 6.22. The molecule has 3 rings (SSSR count). The Kier molecular flexibility index (Phi) is 10.0. The highest BCUT2D eigenvalue weighted by Crippen LogP contribution is 2.45. The van der Waals surface area contributed by atoms with Gasteiger partial charge in [-0.2, -0.15) is 0 Å². The van der Waals surface area contributed by atoms with Crippen LogP contribution in [-0.4, -0.2) is 81.7 Å². The topological polar surface area (TPSA) is 97.8 Å². The normalized spacial score (nSPS) is 16.7. The number of unbranched alkanes of at least 4 members (excludes halogenated alkanes) is 1. The molecule has 1 unspecified atom stereocenters. The van der Waals surface area contributed by atoms with Gasteiger partial charge in [0.2, 0.25) is 5.75 Å². The molecule has 1 atom stereocenters. The first-order valence-electron chi connectivity index (χ1n) is 12.7. The van der Waals surface area contributed by atoms with E-state index < -0.39 is 17.7 Å². The van der Waals surface area contributed by atoms with E-state index in [-0.39, 0.29) is 11.3 Å². The Balaban J connectivity index is 2.11. The molecule has 0 radical (unpaired) electrons. The van der Waals surface area contributed by atoms with E-state index in [0.29, 0.717) is 53.7 Å². The average Bonchev–Trinajstić information content (AvgIpc) is 3.17. The van der Waals surface area contributed by atoms with Crippen LogP contribution in [0, 0.1) is 0 Å². The molecule has 0 saturated carbocycles. The molecule has 1 heterocycles. The lowest BCUT2D eigenvalue weighted by Crippen LogP contribution is -2.32. The summed E-state index contributed by atoms with van der Waals surface area (Å²) in [6, 6.07) is 9.42. The molecule has 2 aromatic rings. The standard InChI is InChI=1S/C29H38N2O7/c1-7-8-16-38-21-12-10-19(11-13-21)26(32)24-25(31(29(34)27(24)33)15-9-14-30(2)3)20-17-22(35-4)28(37-6)23(18-20)36-5/h10-13,17-18,25,32H,7-9,14-16H2,1-6H3/b26-24+. The van der Waals surface area contributed by atoms with Crippen LogP contribution in [0.15, 0.2) is 42.0 Å². The van der Waals surface area contributed by atoms with Crippen LogP contribution in [-0.2, 0) is 9.59 Å². The van der Waals surface area contributed by atoms with Gasteiger partial charge in [0.25, 0.3) is 11.7 Å². The highest BCUT2D eigenvalue weighted by Gasteiger charge is 2.46. The SMILES string of the molecule is CCCCOc1ccc(/C(O)=C2\C(=O)C(=O)N(CCCN(C)C)C2c2cc(OC)c(OC)c(OC)c2)cc1. The smallest absolute Gasteiger partial charge is 0.295 e. The van der Waals surface area contributed by atoms with Gasteiger partial charge in [-0.3, -0.25) is 9.59 Å². The van der Waals surface area contributed by atoms with E-state index in [4.69, 9.17) is 18.9 Å². The monoisotopic (exact) mass is 526 g/mol. The number of benzene rings is 2. The van der Waals surface area contributed by atoms with Crippen molar-refractivity contribution in [1.82, 2.24) is 9.80 Å². The van der Waals surface area contributed by atoms with Crippen LogP contribution in [0.4, 0.5) is 0 Å². The number of Topliss-reactive ketones (excluding diaryl/α,β-unsaturated/α-hetero) is 1.